The molecule has 4 N–H and O–H groups in total. The van der Waals surface area contributed by atoms with E-state index in [1.807, 2.05) is 12.1 Å². The molecule has 0 aliphatic carbocycles. The largest absolute Gasteiger partial charge is 2.00 e. The number of pyridine rings is 2. The summed E-state index contributed by atoms with van der Waals surface area (Å²) in [5, 5.41) is 15.3. The van der Waals surface area contributed by atoms with Crippen LogP contribution in [-0.2, 0) is 17.1 Å². The van der Waals surface area contributed by atoms with Gasteiger partial charge in [0.25, 0.3) is 0 Å². The molecule has 0 bridgehead atoms. The van der Waals surface area contributed by atoms with Crippen LogP contribution < -0.4 is 65.0 Å². The summed E-state index contributed by atoms with van der Waals surface area (Å²) in [4.78, 5) is 26.2. The average Bonchev–Trinajstić information content (AvgIpc) is 1.04. The van der Waals surface area contributed by atoms with E-state index in [0.29, 0.717) is 0 Å². The fourth-order valence-electron chi connectivity index (χ4n) is 12.7. The van der Waals surface area contributed by atoms with Gasteiger partial charge in [0, 0.05) is 75.5 Å². The van der Waals surface area contributed by atoms with E-state index >= 15 is 0 Å². The van der Waals surface area contributed by atoms with Crippen molar-refractivity contribution in [2.75, 3.05) is 52.4 Å². The van der Waals surface area contributed by atoms with Gasteiger partial charge in [-0.25, -0.2) is 0 Å². The molecule has 10 nitrogen and oxygen atoms in total. The molecule has 0 saturated carbocycles. The van der Waals surface area contributed by atoms with E-state index in [-0.39, 0.29) is 17.1 Å². The Morgan fingerprint density at radius 2 is 0.438 bits per heavy atom. The standard InChI is InChI=1S/2C24H20B.C12H8N2.2C8H14N4.Fe/c2*1-5-13-21(14-6-1)25(22-15-7-2-8-16-22,23-17-9-3-10-18-23)24-19-11-4-12-20-24;1-3-9-5-6-10-4-2-8-14-12(10)11(9)13-7-1;2*1-3-9-7(10-4-1)8-11-5-2-6-12-8;/h2*1-20H;1-8H;2*1-6H2,(H,9,10)(H,11,12);/q2*-1;;;;+2. The van der Waals surface area contributed by atoms with Crippen LogP contribution in [0.15, 0.2) is 311 Å². The van der Waals surface area contributed by atoms with Crippen molar-refractivity contribution in [3.63, 3.8) is 0 Å². The molecule has 9 aromatic carbocycles. The van der Waals surface area contributed by atoms with Crippen molar-refractivity contribution in [1.29, 1.82) is 0 Å². The number of aliphatic imine (C=N–C) groups is 4. The number of fused-ring (bicyclic) bond motifs is 3. The third-order valence-electron chi connectivity index (χ3n) is 16.8. The van der Waals surface area contributed by atoms with Crippen LogP contribution in [0.3, 0.4) is 0 Å². The molecule has 4 aliphatic heterocycles. The predicted molar refractivity (Wildman–Crippen MR) is 377 cm³/mol. The van der Waals surface area contributed by atoms with Crippen LogP contribution in [0.4, 0.5) is 0 Å². The number of benzene rings is 9. The molecule has 2 aromatic heterocycles. The molecule has 11 aromatic rings. The summed E-state index contributed by atoms with van der Waals surface area (Å²) in [5.74, 6) is 3.84. The minimum absolute atomic E-state index is 0. The fourth-order valence-corrected chi connectivity index (χ4v) is 12.7. The fraction of sp³-hybridized carbons (Fsp3) is 0.158. The summed E-state index contributed by atoms with van der Waals surface area (Å²) in [7, 11) is 0. The molecule has 0 unspecified atom stereocenters. The predicted octanol–water partition coefficient (Wildman–Crippen LogP) is 8.45. The van der Waals surface area contributed by atoms with Gasteiger partial charge in [0.05, 0.1) is 11.0 Å². The zero-order valence-corrected chi connectivity index (χ0v) is 51.5. The number of rotatable bonds is 10. The minimum Gasteiger partial charge on any atom is -0.367 e. The molecule has 444 valence electrons. The number of hydrogen-bond donors (Lipinski definition) is 4. The summed E-state index contributed by atoms with van der Waals surface area (Å²) in [5.41, 5.74) is 12.7. The monoisotopic (exact) mass is 1210 g/mol. The normalized spacial score (nSPS) is 14.3. The van der Waals surface area contributed by atoms with Gasteiger partial charge >= 0.3 is 17.1 Å². The second kappa shape index (κ2) is 32.3. The first-order chi connectivity index (χ1) is 43.7. The second-order valence-electron chi connectivity index (χ2n) is 22.3. The van der Waals surface area contributed by atoms with E-state index in [2.05, 4.69) is 318 Å². The van der Waals surface area contributed by atoms with Crippen LogP contribution in [0.1, 0.15) is 25.7 Å². The van der Waals surface area contributed by atoms with E-state index in [1.54, 1.807) is 12.4 Å². The summed E-state index contributed by atoms with van der Waals surface area (Å²) in [6, 6.07) is 99.2. The van der Waals surface area contributed by atoms with Crippen LogP contribution in [0.2, 0.25) is 0 Å². The number of aromatic nitrogens is 2. The van der Waals surface area contributed by atoms with Crippen molar-refractivity contribution in [3.8, 4) is 0 Å². The molecule has 15 rings (SSSR count). The summed E-state index contributed by atoms with van der Waals surface area (Å²) in [6.45, 7) is 7.84. The van der Waals surface area contributed by atoms with Gasteiger partial charge in [-0.15, -0.1) is 0 Å². The maximum absolute atomic E-state index is 4.37. The zero-order valence-electron chi connectivity index (χ0n) is 50.4. The molecule has 0 atom stereocenters. The van der Waals surface area contributed by atoms with Gasteiger partial charge in [-0.05, 0) is 37.8 Å². The van der Waals surface area contributed by atoms with Crippen molar-refractivity contribution in [3.05, 3.63) is 291 Å². The van der Waals surface area contributed by atoms with E-state index in [1.165, 1.54) is 43.7 Å². The van der Waals surface area contributed by atoms with Crippen molar-refractivity contribution in [2.45, 2.75) is 25.7 Å². The first-order valence-electron chi connectivity index (χ1n) is 31.2. The number of amidine groups is 4. The quantitative estimate of drug-likeness (QED) is 0.0806. The van der Waals surface area contributed by atoms with Crippen LogP contribution in [0.25, 0.3) is 21.8 Å². The summed E-state index contributed by atoms with van der Waals surface area (Å²) < 4.78 is 0. The number of nitrogens with zero attached hydrogens (tertiary/aromatic N) is 6. The van der Waals surface area contributed by atoms with Gasteiger partial charge in [-0.2, -0.15) is 43.7 Å². The first kappa shape index (κ1) is 62.4. The van der Waals surface area contributed by atoms with E-state index in [4.69, 9.17) is 0 Å². The molecule has 89 heavy (non-hydrogen) atoms. The molecule has 0 saturated heterocycles. The van der Waals surface area contributed by atoms with Crippen molar-refractivity contribution < 1.29 is 17.1 Å². The van der Waals surface area contributed by atoms with Gasteiger partial charge in [0.1, 0.15) is 12.3 Å². The SMILES string of the molecule is C1CN=C(C2=NCCCN2)NC1.C1CN=C(C2=NCCCN2)NC1.[Fe+2].c1ccc([B-](c2ccccc2)(c2ccccc2)c2ccccc2)cc1.c1ccc([B-](c2ccccc2)(c2ccccc2)c2ccccc2)cc1.c1cnc2c(c1)ccc1cccnc12. The van der Waals surface area contributed by atoms with E-state index < -0.39 is 12.3 Å². The topological polar surface area (TPSA) is 123 Å². The average molecular weight is 1210 g/mol. The number of hydrogen-bond acceptors (Lipinski definition) is 10. The molecule has 0 amide bonds. The molecule has 0 radical (unpaired) electrons. The maximum atomic E-state index is 4.37. The van der Waals surface area contributed by atoms with Gasteiger partial charge < -0.3 is 21.3 Å². The minimum atomic E-state index is -1.22. The summed E-state index contributed by atoms with van der Waals surface area (Å²) >= 11 is 0. The molecular weight excluding hydrogens is 1130 g/mol. The van der Waals surface area contributed by atoms with Crippen LogP contribution >= 0.6 is 0 Å². The smallest absolute Gasteiger partial charge is 0.367 e. The Morgan fingerprint density at radius 1 is 0.236 bits per heavy atom. The Morgan fingerprint density at radius 3 is 0.618 bits per heavy atom. The molecule has 4 aliphatic rings. The molecule has 13 heteroatoms. The first-order valence-corrected chi connectivity index (χ1v) is 31.2. The van der Waals surface area contributed by atoms with Crippen molar-refractivity contribution >= 4 is 101 Å². The van der Waals surface area contributed by atoms with Crippen LogP contribution in [0.5, 0.6) is 0 Å². The Kier molecular flexibility index (Phi) is 22.7. The Labute approximate surface area is 535 Å². The maximum Gasteiger partial charge on any atom is 2.00 e. The Balaban J connectivity index is 0.000000127. The second-order valence-corrected chi connectivity index (χ2v) is 22.3. The van der Waals surface area contributed by atoms with Gasteiger partial charge in [0.15, 0.2) is 23.3 Å². The van der Waals surface area contributed by atoms with Crippen molar-refractivity contribution in [2.24, 2.45) is 20.0 Å². The van der Waals surface area contributed by atoms with Gasteiger partial charge in [-0.3, -0.25) is 29.9 Å². The van der Waals surface area contributed by atoms with Gasteiger partial charge in [0.2, 0.25) is 0 Å². The van der Waals surface area contributed by atoms with Crippen LogP contribution in [-0.4, -0.2) is 98.0 Å². The van der Waals surface area contributed by atoms with Gasteiger partial charge in [-0.1, -0.05) is 267 Å². The van der Waals surface area contributed by atoms with E-state index in [9.17, 15) is 0 Å². The number of nitrogens with one attached hydrogen (secondary N) is 4. The molecule has 0 spiro atoms. The Hall–Kier alpha value is -9.67. The Bertz CT molecular complexity index is 3400. The van der Waals surface area contributed by atoms with Crippen LogP contribution in [0, 0.1) is 0 Å². The van der Waals surface area contributed by atoms with E-state index in [0.717, 1.165) is 123 Å². The summed E-state index contributed by atoms with van der Waals surface area (Å²) in [6.07, 6.45) is 5.72. The molecular formula is C76H76B2FeN10. The van der Waals surface area contributed by atoms with Crippen molar-refractivity contribution in [1.82, 2.24) is 31.2 Å². The third-order valence-corrected chi connectivity index (χ3v) is 16.8. The molecule has 6 heterocycles. The molecule has 0 fully saturated rings. The third kappa shape index (κ3) is 15.2. The zero-order chi connectivity index (χ0) is 59.7.